The maximum atomic E-state index is 6.07. The van der Waals surface area contributed by atoms with Gasteiger partial charge < -0.3 is 10.1 Å². The minimum absolute atomic E-state index is 0.324. The van der Waals surface area contributed by atoms with Crippen molar-refractivity contribution in [2.75, 3.05) is 6.54 Å². The summed E-state index contributed by atoms with van der Waals surface area (Å²) in [4.78, 5) is 0. The van der Waals surface area contributed by atoms with Gasteiger partial charge in [0.2, 0.25) is 0 Å². The van der Waals surface area contributed by atoms with Crippen molar-refractivity contribution in [2.45, 2.75) is 52.7 Å². The first-order valence-corrected chi connectivity index (χ1v) is 6.71. The molecule has 96 valence electrons. The van der Waals surface area contributed by atoms with Crippen molar-refractivity contribution in [1.29, 1.82) is 0 Å². The van der Waals surface area contributed by atoms with Gasteiger partial charge in [-0.05, 0) is 32.4 Å². The van der Waals surface area contributed by atoms with Gasteiger partial charge >= 0.3 is 0 Å². The molecule has 0 amide bonds. The molecule has 2 heteroatoms. The number of rotatable bonds is 7. The molecule has 1 aromatic carbocycles. The second kappa shape index (κ2) is 7.33. The highest BCUT2D eigenvalue weighted by molar-refractivity contribution is 5.35. The van der Waals surface area contributed by atoms with Crippen LogP contribution in [0.2, 0.25) is 0 Å². The van der Waals surface area contributed by atoms with E-state index < -0.39 is 0 Å². The Morgan fingerprint density at radius 3 is 2.35 bits per heavy atom. The number of hydrogen-bond acceptors (Lipinski definition) is 2. The van der Waals surface area contributed by atoms with Gasteiger partial charge in [-0.3, -0.25) is 0 Å². The Labute approximate surface area is 105 Å². The molecule has 0 spiro atoms. The van der Waals surface area contributed by atoms with Gasteiger partial charge in [0.1, 0.15) is 5.75 Å². The Kier molecular flexibility index (Phi) is 6.06. The molecule has 0 radical (unpaired) electrons. The summed E-state index contributed by atoms with van der Waals surface area (Å²) in [7, 11) is 0. The molecule has 0 saturated heterocycles. The van der Waals surface area contributed by atoms with Crippen LogP contribution in [-0.2, 0) is 0 Å². The zero-order valence-corrected chi connectivity index (χ0v) is 11.5. The van der Waals surface area contributed by atoms with Gasteiger partial charge in [-0.1, -0.05) is 39.0 Å². The Bertz CT molecular complexity index is 320. The molecule has 0 aliphatic heterocycles. The van der Waals surface area contributed by atoms with Crippen molar-refractivity contribution in [3.05, 3.63) is 29.8 Å². The van der Waals surface area contributed by atoms with Gasteiger partial charge in [-0.15, -0.1) is 0 Å². The van der Waals surface area contributed by atoms with Crippen LogP contribution in [0.4, 0.5) is 0 Å². The van der Waals surface area contributed by atoms with E-state index in [0.29, 0.717) is 12.1 Å². The zero-order chi connectivity index (χ0) is 12.7. The molecule has 2 nitrogen and oxygen atoms in total. The van der Waals surface area contributed by atoms with Gasteiger partial charge in [0.25, 0.3) is 0 Å². The molecule has 0 aliphatic carbocycles. The quantitative estimate of drug-likeness (QED) is 0.773. The molecule has 1 aromatic rings. The van der Waals surface area contributed by atoms with E-state index in [1.807, 2.05) is 6.07 Å². The lowest BCUT2D eigenvalue weighted by molar-refractivity contribution is 0.190. The fourth-order valence-electron chi connectivity index (χ4n) is 2.00. The Balaban J connectivity index is 2.83. The van der Waals surface area contributed by atoms with E-state index in [2.05, 4.69) is 51.2 Å². The average Bonchev–Trinajstić information content (AvgIpc) is 2.36. The van der Waals surface area contributed by atoms with Gasteiger partial charge in [-0.25, -0.2) is 0 Å². The minimum atomic E-state index is 0.324. The van der Waals surface area contributed by atoms with Crippen molar-refractivity contribution in [2.24, 2.45) is 0 Å². The third kappa shape index (κ3) is 4.04. The van der Waals surface area contributed by atoms with Crippen LogP contribution in [0.3, 0.4) is 0 Å². The number of ether oxygens (including phenoxy) is 1. The summed E-state index contributed by atoms with van der Waals surface area (Å²) in [6, 6.07) is 8.67. The maximum absolute atomic E-state index is 6.07. The Morgan fingerprint density at radius 1 is 1.12 bits per heavy atom. The standard InChI is InChI=1S/C15H25NO/c1-5-13(6-2)17-15-11-9-8-10-14(15)12(4)16-7-3/h8-13,16H,5-7H2,1-4H3. The topological polar surface area (TPSA) is 21.3 Å². The van der Waals surface area contributed by atoms with Crippen LogP contribution >= 0.6 is 0 Å². The molecule has 1 N–H and O–H groups in total. The summed E-state index contributed by atoms with van der Waals surface area (Å²) in [6.45, 7) is 9.62. The van der Waals surface area contributed by atoms with Crippen LogP contribution in [0, 0.1) is 0 Å². The third-order valence-corrected chi connectivity index (χ3v) is 3.10. The first kappa shape index (κ1) is 14.0. The van der Waals surface area contributed by atoms with Crippen LogP contribution in [0.1, 0.15) is 52.1 Å². The molecule has 17 heavy (non-hydrogen) atoms. The monoisotopic (exact) mass is 235 g/mol. The van der Waals surface area contributed by atoms with E-state index in [-0.39, 0.29) is 0 Å². The van der Waals surface area contributed by atoms with Crippen molar-refractivity contribution < 1.29 is 4.74 Å². The summed E-state index contributed by atoms with van der Waals surface area (Å²) >= 11 is 0. The summed E-state index contributed by atoms with van der Waals surface area (Å²) < 4.78 is 6.07. The van der Waals surface area contributed by atoms with E-state index in [1.54, 1.807) is 0 Å². The molecule has 0 fully saturated rings. The Hall–Kier alpha value is -1.02. The summed E-state index contributed by atoms with van der Waals surface area (Å²) in [5, 5.41) is 3.43. The van der Waals surface area contributed by atoms with Crippen LogP contribution < -0.4 is 10.1 Å². The number of hydrogen-bond donors (Lipinski definition) is 1. The predicted octanol–water partition coefficient (Wildman–Crippen LogP) is 3.92. The van der Waals surface area contributed by atoms with E-state index >= 15 is 0 Å². The highest BCUT2D eigenvalue weighted by atomic mass is 16.5. The van der Waals surface area contributed by atoms with Gasteiger partial charge in [0.05, 0.1) is 6.10 Å². The molecule has 0 bridgehead atoms. The fourth-order valence-corrected chi connectivity index (χ4v) is 2.00. The van der Waals surface area contributed by atoms with E-state index in [9.17, 15) is 0 Å². The molecule has 1 rings (SSSR count). The second-order valence-corrected chi connectivity index (χ2v) is 4.37. The lowest BCUT2D eigenvalue weighted by Crippen LogP contribution is -2.20. The second-order valence-electron chi connectivity index (χ2n) is 4.37. The lowest BCUT2D eigenvalue weighted by Gasteiger charge is -2.21. The number of para-hydroxylation sites is 1. The van der Waals surface area contributed by atoms with Crippen LogP contribution in [0.5, 0.6) is 5.75 Å². The first-order chi connectivity index (χ1) is 8.22. The van der Waals surface area contributed by atoms with E-state index in [0.717, 1.165) is 25.1 Å². The summed E-state index contributed by atoms with van der Waals surface area (Å²) in [6.07, 6.45) is 2.44. The highest BCUT2D eigenvalue weighted by Gasteiger charge is 2.12. The normalized spacial score (nSPS) is 12.8. The average molecular weight is 235 g/mol. The first-order valence-electron chi connectivity index (χ1n) is 6.71. The molecule has 0 aliphatic rings. The largest absolute Gasteiger partial charge is 0.490 e. The molecule has 0 heterocycles. The van der Waals surface area contributed by atoms with Gasteiger partial charge in [0.15, 0.2) is 0 Å². The smallest absolute Gasteiger partial charge is 0.124 e. The molecular formula is C15H25NO. The van der Waals surface area contributed by atoms with E-state index in [1.165, 1.54) is 5.56 Å². The molecular weight excluding hydrogens is 210 g/mol. The van der Waals surface area contributed by atoms with Crippen LogP contribution in [-0.4, -0.2) is 12.6 Å². The highest BCUT2D eigenvalue weighted by Crippen LogP contribution is 2.26. The van der Waals surface area contributed by atoms with Crippen molar-refractivity contribution in [3.8, 4) is 5.75 Å². The Morgan fingerprint density at radius 2 is 1.76 bits per heavy atom. The fraction of sp³-hybridized carbons (Fsp3) is 0.600. The zero-order valence-electron chi connectivity index (χ0n) is 11.5. The molecule has 0 aromatic heterocycles. The SMILES string of the molecule is CCNC(C)c1ccccc1OC(CC)CC. The van der Waals surface area contributed by atoms with E-state index in [4.69, 9.17) is 4.74 Å². The maximum Gasteiger partial charge on any atom is 0.124 e. The molecule has 1 atom stereocenters. The number of nitrogens with one attached hydrogen (secondary N) is 1. The number of benzene rings is 1. The molecule has 0 saturated carbocycles. The molecule has 1 unspecified atom stereocenters. The van der Waals surface area contributed by atoms with Crippen molar-refractivity contribution in [3.63, 3.8) is 0 Å². The minimum Gasteiger partial charge on any atom is -0.490 e. The summed E-state index contributed by atoms with van der Waals surface area (Å²) in [5.41, 5.74) is 1.25. The van der Waals surface area contributed by atoms with Gasteiger partial charge in [-0.2, -0.15) is 0 Å². The van der Waals surface area contributed by atoms with Crippen LogP contribution in [0.15, 0.2) is 24.3 Å². The van der Waals surface area contributed by atoms with Gasteiger partial charge in [0, 0.05) is 11.6 Å². The van der Waals surface area contributed by atoms with Crippen molar-refractivity contribution in [1.82, 2.24) is 5.32 Å². The third-order valence-electron chi connectivity index (χ3n) is 3.10. The van der Waals surface area contributed by atoms with Crippen LogP contribution in [0.25, 0.3) is 0 Å². The predicted molar refractivity (Wildman–Crippen MR) is 73.5 cm³/mol. The lowest BCUT2D eigenvalue weighted by atomic mass is 10.1. The summed E-state index contributed by atoms with van der Waals surface area (Å²) in [5.74, 6) is 1.02. The van der Waals surface area contributed by atoms with Crippen molar-refractivity contribution >= 4 is 0 Å².